The van der Waals surface area contributed by atoms with Gasteiger partial charge in [-0.1, -0.05) is 35.9 Å². The highest BCUT2D eigenvalue weighted by atomic mass is 35.5. The average Bonchev–Trinajstić information content (AvgIpc) is 3.01. The number of carbonyl (C=O) groups is 1. The molecule has 0 unspecified atom stereocenters. The van der Waals surface area contributed by atoms with Crippen LogP contribution in [0.1, 0.15) is 16.0 Å². The number of amides is 1. The molecule has 0 aliphatic carbocycles. The van der Waals surface area contributed by atoms with Crippen LogP contribution >= 0.6 is 22.9 Å². The van der Waals surface area contributed by atoms with Crippen LogP contribution in [0.25, 0.3) is 0 Å². The molecule has 0 atom stereocenters. The minimum atomic E-state index is -0.289. The number of aromatic nitrogens is 2. The van der Waals surface area contributed by atoms with E-state index in [0.717, 1.165) is 21.0 Å². The first-order chi connectivity index (χ1) is 12.0. The quantitative estimate of drug-likeness (QED) is 0.744. The molecule has 1 N–H and O–H groups in total. The van der Waals surface area contributed by atoms with Gasteiger partial charge in [0.15, 0.2) is 5.13 Å². The number of thiazole rings is 1. The van der Waals surface area contributed by atoms with Crippen molar-refractivity contribution in [1.29, 1.82) is 0 Å². The van der Waals surface area contributed by atoms with E-state index in [4.69, 9.17) is 11.6 Å². The minimum absolute atomic E-state index is 0.0434. The number of nitrogens with zero attached hydrogens (tertiary/aromatic N) is 2. The summed E-state index contributed by atoms with van der Waals surface area (Å²) < 4.78 is 1.34. The number of pyridine rings is 1. The summed E-state index contributed by atoms with van der Waals surface area (Å²) in [5.41, 5.74) is 1.84. The third-order valence-corrected chi connectivity index (χ3v) is 5.10. The molecule has 0 fully saturated rings. The molecule has 1 amide bonds. The molecule has 3 aromatic rings. The van der Waals surface area contributed by atoms with Crippen molar-refractivity contribution in [2.24, 2.45) is 0 Å². The Hall–Kier alpha value is -2.44. The highest BCUT2D eigenvalue weighted by molar-refractivity contribution is 7.15. The number of benzene rings is 1. The molecule has 0 bridgehead atoms. The fraction of sp³-hybridized carbons (Fsp3) is 0.167. The maximum Gasteiger partial charge on any atom is 0.250 e. The van der Waals surface area contributed by atoms with Crippen molar-refractivity contribution in [3.63, 3.8) is 0 Å². The number of carbonyl (C=O) groups excluding carboxylic acids is 1. The smallest absolute Gasteiger partial charge is 0.250 e. The molecule has 5 nitrogen and oxygen atoms in total. The van der Waals surface area contributed by atoms with Gasteiger partial charge in [0.2, 0.25) is 5.91 Å². The first-order valence-electron chi connectivity index (χ1n) is 7.67. The monoisotopic (exact) mass is 373 g/mol. The Labute approximate surface area is 153 Å². The first-order valence-corrected chi connectivity index (χ1v) is 8.86. The van der Waals surface area contributed by atoms with Gasteiger partial charge >= 0.3 is 0 Å². The van der Waals surface area contributed by atoms with Gasteiger partial charge in [0.05, 0.1) is 0 Å². The second-order valence-corrected chi connectivity index (χ2v) is 7.06. The maximum absolute atomic E-state index is 12.1. The summed E-state index contributed by atoms with van der Waals surface area (Å²) in [4.78, 5) is 28.9. The van der Waals surface area contributed by atoms with E-state index < -0.39 is 0 Å². The molecule has 0 radical (unpaired) electrons. The third-order valence-electron chi connectivity index (χ3n) is 3.65. The first kappa shape index (κ1) is 17.4. The molecule has 0 aliphatic heterocycles. The molecule has 0 saturated heterocycles. The number of halogens is 1. The Morgan fingerprint density at radius 2 is 2.12 bits per heavy atom. The molecule has 0 saturated carbocycles. The molecule has 1 aromatic carbocycles. The fourth-order valence-electron chi connectivity index (χ4n) is 2.38. The number of hydrogen-bond donors (Lipinski definition) is 1. The Morgan fingerprint density at radius 1 is 1.28 bits per heavy atom. The van der Waals surface area contributed by atoms with Crippen molar-refractivity contribution < 1.29 is 4.79 Å². The summed E-state index contributed by atoms with van der Waals surface area (Å²) in [6.07, 6.45) is 3.97. The lowest BCUT2D eigenvalue weighted by Gasteiger charge is -2.05. The van der Waals surface area contributed by atoms with Gasteiger partial charge in [0.1, 0.15) is 6.54 Å². The zero-order valence-corrected chi connectivity index (χ0v) is 15.1. The molecule has 7 heteroatoms. The van der Waals surface area contributed by atoms with Crippen LogP contribution in [0.4, 0.5) is 5.13 Å². The summed E-state index contributed by atoms with van der Waals surface area (Å²) in [5.74, 6) is -0.289. The fourth-order valence-corrected chi connectivity index (χ4v) is 3.43. The van der Waals surface area contributed by atoms with Crippen molar-refractivity contribution in [1.82, 2.24) is 9.55 Å². The Morgan fingerprint density at radius 3 is 2.92 bits per heavy atom. The third kappa shape index (κ3) is 4.35. The highest BCUT2D eigenvalue weighted by Gasteiger charge is 2.10. The summed E-state index contributed by atoms with van der Waals surface area (Å²) in [7, 11) is 0. The van der Waals surface area contributed by atoms with Crippen LogP contribution in [-0.4, -0.2) is 15.5 Å². The molecule has 25 heavy (non-hydrogen) atoms. The van der Waals surface area contributed by atoms with Crippen LogP contribution in [0.5, 0.6) is 0 Å². The Balaban J connectivity index is 1.65. The lowest BCUT2D eigenvalue weighted by Crippen LogP contribution is -2.26. The summed E-state index contributed by atoms with van der Waals surface area (Å²) >= 11 is 7.72. The molecule has 2 heterocycles. The minimum Gasteiger partial charge on any atom is -0.306 e. The molecule has 0 aliphatic rings. The van der Waals surface area contributed by atoms with Crippen LogP contribution < -0.4 is 10.9 Å². The number of rotatable bonds is 5. The standard InChI is InChI=1S/C18H16ClN3O2S/c1-12-5-4-6-13(17(12)19)9-14-10-20-18(25-14)21-15(23)11-22-8-3-2-7-16(22)24/h2-8,10H,9,11H2,1H3,(H,20,21,23). The van der Waals surface area contributed by atoms with Crippen molar-refractivity contribution in [3.8, 4) is 0 Å². The average molecular weight is 374 g/mol. The van der Waals surface area contributed by atoms with E-state index in [1.165, 1.54) is 22.0 Å². The number of aryl methyl sites for hydroxylation is 1. The van der Waals surface area contributed by atoms with E-state index in [9.17, 15) is 9.59 Å². The molecule has 128 valence electrons. The van der Waals surface area contributed by atoms with Crippen LogP contribution in [0.2, 0.25) is 5.02 Å². The van der Waals surface area contributed by atoms with Gasteiger partial charge < -0.3 is 9.88 Å². The van der Waals surface area contributed by atoms with Crippen LogP contribution in [0, 0.1) is 6.92 Å². The number of hydrogen-bond acceptors (Lipinski definition) is 4. The SMILES string of the molecule is Cc1cccc(Cc2cnc(NC(=O)Cn3ccccc3=O)s2)c1Cl. The lowest BCUT2D eigenvalue weighted by atomic mass is 10.1. The second kappa shape index (κ2) is 7.63. The molecule has 0 spiro atoms. The van der Waals surface area contributed by atoms with E-state index in [1.54, 1.807) is 24.5 Å². The van der Waals surface area contributed by atoms with Crippen molar-refractivity contribution in [2.75, 3.05) is 5.32 Å². The predicted octanol–water partition coefficient (Wildman–Crippen LogP) is 3.50. The van der Waals surface area contributed by atoms with Crippen LogP contribution in [0.3, 0.4) is 0 Å². The topological polar surface area (TPSA) is 64.0 Å². The largest absolute Gasteiger partial charge is 0.306 e. The van der Waals surface area contributed by atoms with E-state index in [2.05, 4.69) is 10.3 Å². The Bertz CT molecular complexity index is 965. The van der Waals surface area contributed by atoms with Crippen LogP contribution in [0.15, 0.2) is 53.6 Å². The van der Waals surface area contributed by atoms with Gasteiger partial charge in [-0.3, -0.25) is 9.59 Å². The van der Waals surface area contributed by atoms with Gasteiger partial charge in [-0.15, -0.1) is 11.3 Å². The van der Waals surface area contributed by atoms with Crippen molar-refractivity contribution in [2.45, 2.75) is 19.9 Å². The van der Waals surface area contributed by atoms with Crippen molar-refractivity contribution >= 4 is 34.0 Å². The summed E-state index contributed by atoms with van der Waals surface area (Å²) in [6.45, 7) is 1.92. The molecular formula is C18H16ClN3O2S. The molecule has 3 rings (SSSR count). The Kier molecular flexibility index (Phi) is 5.31. The van der Waals surface area contributed by atoms with Crippen molar-refractivity contribution in [3.05, 3.63) is 80.2 Å². The van der Waals surface area contributed by atoms with Gasteiger partial charge in [0, 0.05) is 34.8 Å². The van der Waals surface area contributed by atoms with Gasteiger partial charge in [-0.05, 0) is 24.1 Å². The normalized spacial score (nSPS) is 10.6. The van der Waals surface area contributed by atoms with E-state index in [1.807, 2.05) is 25.1 Å². The lowest BCUT2D eigenvalue weighted by molar-refractivity contribution is -0.116. The summed E-state index contributed by atoms with van der Waals surface area (Å²) in [6, 6.07) is 10.7. The highest BCUT2D eigenvalue weighted by Crippen LogP contribution is 2.26. The number of anilines is 1. The summed E-state index contributed by atoms with van der Waals surface area (Å²) in [5, 5.41) is 3.99. The zero-order chi connectivity index (χ0) is 17.8. The molecular weight excluding hydrogens is 358 g/mol. The number of nitrogens with one attached hydrogen (secondary N) is 1. The van der Waals surface area contributed by atoms with Gasteiger partial charge in [-0.2, -0.15) is 0 Å². The van der Waals surface area contributed by atoms with E-state index >= 15 is 0 Å². The van der Waals surface area contributed by atoms with Crippen LogP contribution in [-0.2, 0) is 17.8 Å². The van der Waals surface area contributed by atoms with Gasteiger partial charge in [-0.25, -0.2) is 4.98 Å². The van der Waals surface area contributed by atoms with Gasteiger partial charge in [0.25, 0.3) is 5.56 Å². The predicted molar refractivity (Wildman–Crippen MR) is 100 cm³/mol. The zero-order valence-electron chi connectivity index (χ0n) is 13.5. The maximum atomic E-state index is 12.1. The van der Waals surface area contributed by atoms with E-state index in [0.29, 0.717) is 11.6 Å². The molecule has 2 aromatic heterocycles. The van der Waals surface area contributed by atoms with E-state index in [-0.39, 0.29) is 18.0 Å². The second-order valence-electron chi connectivity index (χ2n) is 5.57.